The van der Waals surface area contributed by atoms with Gasteiger partial charge in [-0.1, -0.05) is 6.08 Å². The van der Waals surface area contributed by atoms with Crippen LogP contribution in [0.25, 0.3) is 0 Å². The predicted octanol–water partition coefficient (Wildman–Crippen LogP) is 1.48. The van der Waals surface area contributed by atoms with E-state index in [0.29, 0.717) is 6.07 Å². The zero-order chi connectivity index (χ0) is 14.9. The van der Waals surface area contributed by atoms with Crippen molar-refractivity contribution in [2.45, 2.75) is 17.3 Å². The lowest BCUT2D eigenvalue weighted by Gasteiger charge is -2.14. The molecule has 1 aliphatic heterocycles. The molecule has 0 radical (unpaired) electrons. The minimum absolute atomic E-state index is 0.171. The highest BCUT2D eigenvalue weighted by molar-refractivity contribution is 7.84. The van der Waals surface area contributed by atoms with Crippen LogP contribution >= 0.6 is 0 Å². The molecule has 106 valence electrons. The highest BCUT2D eigenvalue weighted by atomic mass is 32.2. The van der Waals surface area contributed by atoms with Gasteiger partial charge in [0.05, 0.1) is 16.5 Å². The molecular formula is C11H8F3N3O2S. The smallest absolute Gasteiger partial charge is 0.271 e. The van der Waals surface area contributed by atoms with Gasteiger partial charge in [-0.2, -0.15) is 13.2 Å². The Hall–Kier alpha value is -1.90. The lowest BCUT2D eigenvalue weighted by Crippen LogP contribution is -2.18. The number of aliphatic imine (C=N–C) groups is 1. The molecule has 0 aromatic carbocycles. The molecule has 0 spiro atoms. The van der Waals surface area contributed by atoms with Crippen molar-refractivity contribution in [2.24, 2.45) is 4.99 Å². The summed E-state index contributed by atoms with van der Waals surface area (Å²) in [6.45, 7) is 0. The summed E-state index contributed by atoms with van der Waals surface area (Å²) in [7, 11) is -1.80. The molecule has 20 heavy (non-hydrogen) atoms. The summed E-state index contributed by atoms with van der Waals surface area (Å²) in [5, 5.41) is -0.467. The third-order valence-electron chi connectivity index (χ3n) is 2.45. The first-order valence-corrected chi connectivity index (χ1v) is 6.89. The number of hydrogen-bond donors (Lipinski definition) is 0. The normalized spacial score (nSPS) is 20.2. The molecule has 0 saturated carbocycles. The molecule has 0 saturated heterocycles. The van der Waals surface area contributed by atoms with Gasteiger partial charge in [-0.05, 0) is 12.1 Å². The molecule has 9 heteroatoms. The largest absolute Gasteiger partial charge is 0.433 e. The zero-order valence-electron chi connectivity index (χ0n) is 10.1. The second-order valence-electron chi connectivity index (χ2n) is 3.89. The maximum absolute atomic E-state index is 12.8. The fourth-order valence-corrected chi connectivity index (χ4v) is 2.00. The van der Waals surface area contributed by atoms with Gasteiger partial charge in [-0.3, -0.25) is 9.00 Å². The first kappa shape index (κ1) is 14.5. The van der Waals surface area contributed by atoms with E-state index in [1.165, 1.54) is 18.4 Å². The lowest BCUT2D eigenvalue weighted by atomic mass is 10.0. The van der Waals surface area contributed by atoms with Gasteiger partial charge in [0.2, 0.25) is 5.16 Å². The van der Waals surface area contributed by atoms with E-state index >= 15 is 0 Å². The first-order valence-electron chi connectivity index (χ1n) is 5.33. The second kappa shape index (κ2) is 5.23. The van der Waals surface area contributed by atoms with Gasteiger partial charge in [0, 0.05) is 12.5 Å². The summed E-state index contributed by atoms with van der Waals surface area (Å²) in [5.74, 6) is -1.65. The quantitative estimate of drug-likeness (QED) is 0.776. The van der Waals surface area contributed by atoms with Crippen molar-refractivity contribution >= 4 is 22.9 Å². The Labute approximate surface area is 114 Å². The van der Waals surface area contributed by atoms with Crippen molar-refractivity contribution in [3.63, 3.8) is 0 Å². The number of aromatic nitrogens is 2. The van der Waals surface area contributed by atoms with E-state index in [1.54, 1.807) is 0 Å². The number of nitrogens with zero attached hydrogens (tertiary/aromatic N) is 3. The minimum atomic E-state index is -4.71. The number of dihydropyridines is 1. The van der Waals surface area contributed by atoms with Crippen LogP contribution in [0, 0.1) is 0 Å². The van der Waals surface area contributed by atoms with E-state index in [9.17, 15) is 22.2 Å². The van der Waals surface area contributed by atoms with E-state index in [-0.39, 0.29) is 5.69 Å². The predicted molar refractivity (Wildman–Crippen MR) is 64.7 cm³/mol. The maximum atomic E-state index is 12.8. The van der Waals surface area contributed by atoms with Gasteiger partial charge >= 0.3 is 6.18 Å². The molecule has 0 fully saturated rings. The van der Waals surface area contributed by atoms with Crippen molar-refractivity contribution in [1.82, 2.24) is 9.97 Å². The number of carbonyl (C=O) groups excluding carboxylic acids is 1. The average molecular weight is 303 g/mol. The Balaban J connectivity index is 2.55. The summed E-state index contributed by atoms with van der Waals surface area (Å²) in [4.78, 5) is 22.0. The molecule has 0 bridgehead atoms. The van der Waals surface area contributed by atoms with Crippen LogP contribution in [0.15, 0.2) is 28.4 Å². The van der Waals surface area contributed by atoms with E-state index < -0.39 is 39.7 Å². The van der Waals surface area contributed by atoms with Crippen LogP contribution in [0.5, 0.6) is 0 Å². The highest BCUT2D eigenvalue weighted by Gasteiger charge is 2.35. The monoisotopic (exact) mass is 303 g/mol. The van der Waals surface area contributed by atoms with E-state index in [2.05, 4.69) is 15.0 Å². The van der Waals surface area contributed by atoms with Gasteiger partial charge in [0.25, 0.3) is 5.91 Å². The molecule has 1 amide bonds. The SMILES string of the molecule is CS(=O)c1nc(C2C=CC=NC2=O)cc(C(F)(F)F)n1. The van der Waals surface area contributed by atoms with Gasteiger partial charge < -0.3 is 0 Å². The van der Waals surface area contributed by atoms with Crippen LogP contribution in [0.1, 0.15) is 17.3 Å². The number of amides is 1. The van der Waals surface area contributed by atoms with Crippen LogP contribution in [0.3, 0.4) is 0 Å². The molecule has 2 heterocycles. The van der Waals surface area contributed by atoms with Crippen LogP contribution in [-0.4, -0.2) is 32.6 Å². The molecule has 5 nitrogen and oxygen atoms in total. The fourth-order valence-electron chi connectivity index (χ4n) is 1.54. The fraction of sp³-hybridized carbons (Fsp3) is 0.273. The lowest BCUT2D eigenvalue weighted by molar-refractivity contribution is -0.141. The molecule has 2 atom stereocenters. The zero-order valence-corrected chi connectivity index (χ0v) is 10.9. The number of carbonyl (C=O) groups is 1. The highest BCUT2D eigenvalue weighted by Crippen LogP contribution is 2.30. The van der Waals surface area contributed by atoms with Crippen LogP contribution < -0.4 is 0 Å². The minimum Gasteiger partial charge on any atom is -0.271 e. The molecule has 1 aromatic heterocycles. The summed E-state index contributed by atoms with van der Waals surface area (Å²) in [6.07, 6.45) is 0.500. The summed E-state index contributed by atoms with van der Waals surface area (Å²) < 4.78 is 49.6. The molecule has 1 aromatic rings. The van der Waals surface area contributed by atoms with Crippen molar-refractivity contribution in [3.05, 3.63) is 29.6 Å². The Morgan fingerprint density at radius 2 is 2.00 bits per heavy atom. The second-order valence-corrected chi connectivity index (χ2v) is 5.16. The van der Waals surface area contributed by atoms with Gasteiger partial charge in [0.15, 0.2) is 0 Å². The van der Waals surface area contributed by atoms with Gasteiger partial charge in [-0.15, -0.1) is 0 Å². The van der Waals surface area contributed by atoms with Crippen LogP contribution in [-0.2, 0) is 21.8 Å². The molecule has 1 aliphatic rings. The molecule has 0 aliphatic carbocycles. The molecule has 0 N–H and O–H groups in total. The number of rotatable bonds is 2. The third kappa shape index (κ3) is 2.98. The van der Waals surface area contributed by atoms with Crippen LogP contribution in [0.4, 0.5) is 13.2 Å². The standard InChI is InChI=1S/C11H8F3N3O2S/c1-20(19)10-16-7(5-8(17-10)11(12,13)14)6-3-2-4-15-9(6)18/h2-6H,1H3. The number of allylic oxidation sites excluding steroid dienone is 1. The Bertz CT molecular complexity index is 640. The summed E-state index contributed by atoms with van der Waals surface area (Å²) >= 11 is 0. The Morgan fingerprint density at radius 3 is 2.55 bits per heavy atom. The van der Waals surface area contributed by atoms with Crippen LogP contribution in [0.2, 0.25) is 0 Å². The number of halogens is 3. The van der Waals surface area contributed by atoms with Crippen molar-refractivity contribution in [3.8, 4) is 0 Å². The van der Waals surface area contributed by atoms with Gasteiger partial charge in [-0.25, -0.2) is 15.0 Å². The van der Waals surface area contributed by atoms with Crippen molar-refractivity contribution in [1.29, 1.82) is 0 Å². The molecular weight excluding hydrogens is 295 g/mol. The molecule has 2 unspecified atom stereocenters. The van der Waals surface area contributed by atoms with E-state index in [4.69, 9.17) is 0 Å². The van der Waals surface area contributed by atoms with Gasteiger partial charge in [0.1, 0.15) is 11.6 Å². The molecule has 2 rings (SSSR count). The Kier molecular flexibility index (Phi) is 3.80. The Morgan fingerprint density at radius 1 is 1.30 bits per heavy atom. The summed E-state index contributed by atoms with van der Waals surface area (Å²) in [5.41, 5.74) is -1.40. The van der Waals surface area contributed by atoms with Crippen molar-refractivity contribution in [2.75, 3.05) is 6.26 Å². The topological polar surface area (TPSA) is 72.3 Å². The third-order valence-corrected chi connectivity index (χ3v) is 3.15. The summed E-state index contributed by atoms with van der Waals surface area (Å²) in [6, 6.07) is 0.671. The maximum Gasteiger partial charge on any atom is 0.433 e. The van der Waals surface area contributed by atoms with E-state index in [0.717, 1.165) is 6.26 Å². The first-order chi connectivity index (χ1) is 9.29. The van der Waals surface area contributed by atoms with E-state index in [1.807, 2.05) is 0 Å². The number of alkyl halides is 3. The number of hydrogen-bond acceptors (Lipinski definition) is 4. The van der Waals surface area contributed by atoms with Crippen molar-refractivity contribution < 1.29 is 22.2 Å². The average Bonchev–Trinajstić information content (AvgIpc) is 2.37.